The van der Waals surface area contributed by atoms with Crippen molar-refractivity contribution in [2.75, 3.05) is 11.9 Å². The van der Waals surface area contributed by atoms with Crippen LogP contribution in [0.2, 0.25) is 0 Å². The Morgan fingerprint density at radius 3 is 3.15 bits per heavy atom. The average Bonchev–Trinajstić information content (AvgIpc) is 2.46. The van der Waals surface area contributed by atoms with Crippen LogP contribution < -0.4 is 5.32 Å². The molecule has 1 aromatic rings. The molecule has 0 aromatic carbocycles. The number of rotatable bonds is 2. The quantitative estimate of drug-likeness (QED) is 0.865. The number of halogens is 1. The molecule has 0 radical (unpaired) electrons. The summed E-state index contributed by atoms with van der Waals surface area (Å²) in [5.41, 5.74) is 1.19. The minimum atomic E-state index is 1.03. The van der Waals surface area contributed by atoms with E-state index in [2.05, 4.69) is 37.7 Å². The molecule has 1 aromatic heterocycles. The summed E-state index contributed by atoms with van der Waals surface area (Å²) in [4.78, 5) is 4.55. The highest BCUT2D eigenvalue weighted by Crippen LogP contribution is 2.25. The molecule has 0 bridgehead atoms. The Morgan fingerprint density at radius 1 is 1.62 bits per heavy atom. The summed E-state index contributed by atoms with van der Waals surface area (Å²) in [5, 5.41) is 3.30. The Hall–Kier alpha value is -0.510. The van der Waals surface area contributed by atoms with Crippen LogP contribution in [0.15, 0.2) is 4.60 Å². The van der Waals surface area contributed by atoms with Crippen LogP contribution in [-0.2, 0) is 13.0 Å². The van der Waals surface area contributed by atoms with E-state index in [1.807, 2.05) is 0 Å². The van der Waals surface area contributed by atoms with E-state index >= 15 is 0 Å². The van der Waals surface area contributed by atoms with Crippen LogP contribution >= 0.6 is 15.9 Å². The van der Waals surface area contributed by atoms with Gasteiger partial charge in [-0.1, -0.05) is 13.3 Å². The van der Waals surface area contributed by atoms with Crippen LogP contribution in [0, 0.1) is 0 Å². The molecule has 1 N–H and O–H groups in total. The zero-order valence-corrected chi connectivity index (χ0v) is 9.39. The van der Waals surface area contributed by atoms with Crippen molar-refractivity contribution in [1.29, 1.82) is 0 Å². The first-order chi connectivity index (χ1) is 6.33. The molecule has 4 heteroatoms. The summed E-state index contributed by atoms with van der Waals surface area (Å²) in [6, 6.07) is 0. The number of hydrogen-bond donors (Lipinski definition) is 1. The Balaban J connectivity index is 2.33. The predicted molar refractivity (Wildman–Crippen MR) is 57.0 cm³/mol. The van der Waals surface area contributed by atoms with Gasteiger partial charge in [-0.3, -0.25) is 0 Å². The van der Waals surface area contributed by atoms with Crippen molar-refractivity contribution in [3.05, 3.63) is 10.3 Å². The number of imidazole rings is 1. The largest absolute Gasteiger partial charge is 0.356 e. The molecule has 0 saturated carbocycles. The van der Waals surface area contributed by atoms with E-state index in [1.54, 1.807) is 0 Å². The maximum atomic E-state index is 4.55. The van der Waals surface area contributed by atoms with Gasteiger partial charge < -0.3 is 9.88 Å². The summed E-state index contributed by atoms with van der Waals surface area (Å²) >= 11 is 3.60. The van der Waals surface area contributed by atoms with Gasteiger partial charge in [0, 0.05) is 13.1 Å². The molecule has 0 spiro atoms. The second kappa shape index (κ2) is 3.70. The molecule has 72 valence electrons. The predicted octanol–water partition coefficient (Wildman–Crippen LogP) is 2.41. The minimum Gasteiger partial charge on any atom is -0.356 e. The fourth-order valence-corrected chi connectivity index (χ4v) is 2.29. The molecule has 13 heavy (non-hydrogen) atoms. The Kier molecular flexibility index (Phi) is 2.58. The van der Waals surface area contributed by atoms with Crippen molar-refractivity contribution >= 4 is 21.9 Å². The Labute approximate surface area is 86.7 Å². The summed E-state index contributed by atoms with van der Waals surface area (Å²) in [6.07, 6.45) is 3.39. The molecular formula is C9H14BrN3. The van der Waals surface area contributed by atoms with E-state index in [0.717, 1.165) is 36.5 Å². The molecule has 0 saturated heterocycles. The van der Waals surface area contributed by atoms with Gasteiger partial charge in [-0.2, -0.15) is 0 Å². The van der Waals surface area contributed by atoms with Crippen molar-refractivity contribution in [2.24, 2.45) is 0 Å². The summed E-state index contributed by atoms with van der Waals surface area (Å²) in [7, 11) is 0. The summed E-state index contributed by atoms with van der Waals surface area (Å²) in [6.45, 7) is 4.31. The van der Waals surface area contributed by atoms with Crippen molar-refractivity contribution in [3.63, 3.8) is 0 Å². The number of fused-ring (bicyclic) bond motifs is 1. The third kappa shape index (κ3) is 1.59. The lowest BCUT2D eigenvalue weighted by atomic mass is 10.3. The van der Waals surface area contributed by atoms with E-state index in [0.29, 0.717) is 0 Å². The van der Waals surface area contributed by atoms with Gasteiger partial charge in [-0.25, -0.2) is 4.98 Å². The number of aromatic nitrogens is 2. The lowest BCUT2D eigenvalue weighted by molar-refractivity contribution is 0.617. The monoisotopic (exact) mass is 243 g/mol. The van der Waals surface area contributed by atoms with Gasteiger partial charge in [0.1, 0.15) is 4.60 Å². The van der Waals surface area contributed by atoms with Gasteiger partial charge in [0.05, 0.1) is 5.69 Å². The number of aryl methyl sites for hydroxylation is 1. The van der Waals surface area contributed by atoms with E-state index in [9.17, 15) is 0 Å². The highest BCUT2D eigenvalue weighted by molar-refractivity contribution is 9.10. The van der Waals surface area contributed by atoms with Crippen molar-refractivity contribution < 1.29 is 0 Å². The molecule has 0 atom stereocenters. The Morgan fingerprint density at radius 2 is 2.46 bits per heavy atom. The van der Waals surface area contributed by atoms with Crippen molar-refractivity contribution in [2.45, 2.75) is 32.7 Å². The lowest BCUT2D eigenvalue weighted by Gasteiger charge is -2.15. The molecule has 0 aliphatic carbocycles. The molecule has 0 amide bonds. The number of nitrogens with zero attached hydrogens (tertiary/aromatic N) is 2. The fourth-order valence-electron chi connectivity index (χ4n) is 1.66. The lowest BCUT2D eigenvalue weighted by Crippen LogP contribution is -2.17. The smallest absolute Gasteiger partial charge is 0.203 e. The summed E-state index contributed by atoms with van der Waals surface area (Å²) < 4.78 is 3.38. The molecular weight excluding hydrogens is 230 g/mol. The van der Waals surface area contributed by atoms with E-state index in [1.165, 1.54) is 12.1 Å². The highest BCUT2D eigenvalue weighted by atomic mass is 79.9. The first kappa shape index (κ1) is 9.06. The zero-order chi connectivity index (χ0) is 9.26. The third-order valence-electron chi connectivity index (χ3n) is 2.30. The number of nitrogens with one attached hydrogen (secondary N) is 1. The van der Waals surface area contributed by atoms with Crippen LogP contribution in [0.5, 0.6) is 0 Å². The SMILES string of the molecule is CCCc1nc2n(c1Br)CCCN2. The van der Waals surface area contributed by atoms with Crippen molar-refractivity contribution in [3.8, 4) is 0 Å². The molecule has 0 unspecified atom stereocenters. The topological polar surface area (TPSA) is 29.9 Å². The minimum absolute atomic E-state index is 1.03. The van der Waals surface area contributed by atoms with Crippen LogP contribution in [0.4, 0.5) is 5.95 Å². The number of hydrogen-bond acceptors (Lipinski definition) is 2. The van der Waals surface area contributed by atoms with Crippen molar-refractivity contribution in [1.82, 2.24) is 9.55 Å². The van der Waals surface area contributed by atoms with Gasteiger partial charge in [0.25, 0.3) is 0 Å². The maximum absolute atomic E-state index is 4.55. The van der Waals surface area contributed by atoms with Gasteiger partial charge in [-0.15, -0.1) is 0 Å². The number of anilines is 1. The molecule has 0 fully saturated rings. The van der Waals surface area contributed by atoms with Gasteiger partial charge in [0.15, 0.2) is 0 Å². The molecule has 2 heterocycles. The van der Waals surface area contributed by atoms with Crippen LogP contribution in [0.1, 0.15) is 25.5 Å². The third-order valence-corrected chi connectivity index (χ3v) is 3.19. The average molecular weight is 244 g/mol. The first-order valence-corrected chi connectivity index (χ1v) is 5.61. The molecule has 3 nitrogen and oxygen atoms in total. The normalized spacial score (nSPS) is 15.2. The van der Waals surface area contributed by atoms with Gasteiger partial charge >= 0.3 is 0 Å². The van der Waals surface area contributed by atoms with Gasteiger partial charge in [0.2, 0.25) is 5.95 Å². The Bertz CT molecular complexity index is 306. The first-order valence-electron chi connectivity index (χ1n) is 4.81. The van der Waals surface area contributed by atoms with Crippen LogP contribution in [-0.4, -0.2) is 16.1 Å². The fraction of sp³-hybridized carbons (Fsp3) is 0.667. The van der Waals surface area contributed by atoms with E-state index in [4.69, 9.17) is 0 Å². The second-order valence-electron chi connectivity index (χ2n) is 3.35. The van der Waals surface area contributed by atoms with Crippen LogP contribution in [0.25, 0.3) is 0 Å². The maximum Gasteiger partial charge on any atom is 0.203 e. The van der Waals surface area contributed by atoms with Gasteiger partial charge in [-0.05, 0) is 28.8 Å². The van der Waals surface area contributed by atoms with Crippen LogP contribution in [0.3, 0.4) is 0 Å². The van der Waals surface area contributed by atoms with E-state index in [-0.39, 0.29) is 0 Å². The highest BCUT2D eigenvalue weighted by Gasteiger charge is 2.16. The zero-order valence-electron chi connectivity index (χ0n) is 7.81. The molecule has 2 rings (SSSR count). The second-order valence-corrected chi connectivity index (χ2v) is 4.11. The molecule has 1 aliphatic rings. The molecule has 1 aliphatic heterocycles. The van der Waals surface area contributed by atoms with E-state index < -0.39 is 0 Å². The summed E-state index contributed by atoms with van der Waals surface area (Å²) in [5.74, 6) is 1.03. The standard InChI is InChI=1S/C9H14BrN3/c1-2-4-7-8(10)13-6-3-5-11-9(13)12-7/h2-6H2,1H3,(H,11,12).